The number of hydrogen-bond acceptors (Lipinski definition) is 7. The molecule has 1 saturated heterocycles. The molecule has 0 bridgehead atoms. The largest absolute Gasteiger partial charge is 0.450 e. The zero-order valence-electron chi connectivity index (χ0n) is 18.3. The lowest BCUT2D eigenvalue weighted by Crippen LogP contribution is -2.50. The maximum Gasteiger partial charge on any atom is 0.409 e. The van der Waals surface area contributed by atoms with E-state index < -0.39 is 16.1 Å². The summed E-state index contributed by atoms with van der Waals surface area (Å²) in [6.45, 7) is 4.85. The molecule has 1 N–H and O–H groups in total. The molecule has 1 aromatic heterocycles. The smallest absolute Gasteiger partial charge is 0.409 e. The number of nitrogens with one attached hydrogen (secondary N) is 1. The van der Waals surface area contributed by atoms with Crippen molar-refractivity contribution >= 4 is 48.7 Å². The Morgan fingerprint density at radius 3 is 2.42 bits per heavy atom. The number of anilines is 1. The minimum absolute atomic E-state index is 0.0965. The summed E-state index contributed by atoms with van der Waals surface area (Å²) in [5.74, 6) is -0.362. The van der Waals surface area contributed by atoms with Crippen LogP contribution in [-0.4, -0.2) is 67.4 Å². The third kappa shape index (κ3) is 4.85. The molecule has 0 unspecified atom stereocenters. The van der Waals surface area contributed by atoms with Gasteiger partial charge in [-0.25, -0.2) is 18.2 Å². The number of sulfonamides is 1. The Morgan fingerprint density at radius 2 is 1.79 bits per heavy atom. The number of para-hydroxylation sites is 1. The Hall–Kier alpha value is -3.02. The topological polar surface area (TPSA) is 109 Å². The van der Waals surface area contributed by atoms with Crippen LogP contribution in [0.5, 0.6) is 0 Å². The fourth-order valence-corrected chi connectivity index (χ4v) is 5.92. The number of nitrogens with zero attached hydrogens (tertiary/aromatic N) is 3. The molecular formula is C22H24N4O5S2. The quantitative estimate of drug-likeness (QED) is 0.590. The zero-order chi connectivity index (χ0) is 23.6. The molecular weight excluding hydrogens is 464 g/mol. The lowest BCUT2D eigenvalue weighted by Gasteiger charge is -2.33. The molecule has 9 nitrogen and oxygen atoms in total. The molecule has 2 heterocycles. The van der Waals surface area contributed by atoms with Crippen LogP contribution < -0.4 is 5.32 Å². The van der Waals surface area contributed by atoms with Gasteiger partial charge in [0, 0.05) is 31.7 Å². The van der Waals surface area contributed by atoms with Gasteiger partial charge in [0.05, 0.1) is 21.7 Å². The average Bonchev–Trinajstić information content (AvgIpc) is 3.23. The van der Waals surface area contributed by atoms with Crippen molar-refractivity contribution in [2.45, 2.75) is 18.7 Å². The van der Waals surface area contributed by atoms with E-state index in [4.69, 9.17) is 4.74 Å². The van der Waals surface area contributed by atoms with Crippen LogP contribution in [0.3, 0.4) is 0 Å². The Balaban J connectivity index is 1.42. The number of hydrogen-bond donors (Lipinski definition) is 1. The van der Waals surface area contributed by atoms with Crippen molar-refractivity contribution in [2.24, 2.45) is 0 Å². The zero-order valence-corrected chi connectivity index (χ0v) is 19.9. The van der Waals surface area contributed by atoms with Gasteiger partial charge in [0.15, 0.2) is 5.13 Å². The van der Waals surface area contributed by atoms with E-state index >= 15 is 0 Å². The van der Waals surface area contributed by atoms with Gasteiger partial charge in [-0.3, -0.25) is 10.1 Å². The fraction of sp³-hybridized carbons (Fsp3) is 0.318. The van der Waals surface area contributed by atoms with Gasteiger partial charge in [-0.2, -0.15) is 4.31 Å². The summed E-state index contributed by atoms with van der Waals surface area (Å²) in [7, 11) is -3.73. The van der Waals surface area contributed by atoms with E-state index in [1.807, 2.05) is 25.1 Å². The number of ether oxygens (including phenoxy) is 1. The molecule has 11 heteroatoms. The molecule has 2 amide bonds. The molecule has 2 aromatic carbocycles. The van der Waals surface area contributed by atoms with Gasteiger partial charge in [-0.1, -0.05) is 23.5 Å². The molecule has 1 aliphatic heterocycles. The Kier molecular flexibility index (Phi) is 6.63. The van der Waals surface area contributed by atoms with Gasteiger partial charge >= 0.3 is 6.09 Å². The molecule has 4 rings (SSSR count). The summed E-state index contributed by atoms with van der Waals surface area (Å²) < 4.78 is 33.2. The monoisotopic (exact) mass is 488 g/mol. The van der Waals surface area contributed by atoms with E-state index in [-0.39, 0.29) is 43.6 Å². The van der Waals surface area contributed by atoms with E-state index in [0.717, 1.165) is 15.8 Å². The number of fused-ring (bicyclic) bond motifs is 1. The molecule has 0 aliphatic carbocycles. The predicted molar refractivity (Wildman–Crippen MR) is 126 cm³/mol. The SMILES string of the molecule is CCOC(=O)N1CCN(S(=O)(=O)c2ccc(C(=O)Nc3nc4c(C)cccc4s3)cc2)CC1. The van der Waals surface area contributed by atoms with Crippen molar-refractivity contribution in [3.05, 3.63) is 53.6 Å². The lowest BCUT2D eigenvalue weighted by atomic mass is 10.2. The summed E-state index contributed by atoms with van der Waals surface area (Å²) in [4.78, 5) is 30.5. The molecule has 0 spiro atoms. The van der Waals surface area contributed by atoms with E-state index in [0.29, 0.717) is 10.7 Å². The number of thiazole rings is 1. The van der Waals surface area contributed by atoms with Gasteiger partial charge in [-0.15, -0.1) is 0 Å². The van der Waals surface area contributed by atoms with Gasteiger partial charge in [0.25, 0.3) is 5.91 Å². The van der Waals surface area contributed by atoms with Gasteiger partial charge < -0.3 is 9.64 Å². The van der Waals surface area contributed by atoms with Crippen molar-refractivity contribution in [3.63, 3.8) is 0 Å². The highest BCUT2D eigenvalue weighted by Gasteiger charge is 2.30. The van der Waals surface area contributed by atoms with E-state index in [1.54, 1.807) is 6.92 Å². The Bertz CT molecular complexity index is 1280. The van der Waals surface area contributed by atoms with Crippen molar-refractivity contribution in [1.82, 2.24) is 14.2 Å². The van der Waals surface area contributed by atoms with Crippen molar-refractivity contribution < 1.29 is 22.7 Å². The number of piperazine rings is 1. The summed E-state index contributed by atoms with van der Waals surface area (Å²) in [5.41, 5.74) is 2.21. The van der Waals surface area contributed by atoms with E-state index in [1.165, 1.54) is 44.8 Å². The number of benzene rings is 2. The average molecular weight is 489 g/mol. The summed E-state index contributed by atoms with van der Waals surface area (Å²) >= 11 is 1.38. The van der Waals surface area contributed by atoms with E-state index in [2.05, 4.69) is 10.3 Å². The number of rotatable bonds is 5. The van der Waals surface area contributed by atoms with Gasteiger partial charge in [0.2, 0.25) is 10.0 Å². The van der Waals surface area contributed by atoms with Crippen molar-refractivity contribution in [2.75, 3.05) is 38.1 Å². The summed E-state index contributed by atoms with van der Waals surface area (Å²) in [6, 6.07) is 11.7. The fourth-order valence-electron chi connectivity index (χ4n) is 3.56. The molecule has 3 aromatic rings. The first-order valence-corrected chi connectivity index (χ1v) is 12.7. The van der Waals surface area contributed by atoms with Crippen LogP contribution in [0.4, 0.5) is 9.93 Å². The highest BCUT2D eigenvalue weighted by Crippen LogP contribution is 2.28. The maximum atomic E-state index is 13.0. The highest BCUT2D eigenvalue weighted by atomic mass is 32.2. The Morgan fingerprint density at radius 1 is 1.09 bits per heavy atom. The van der Waals surface area contributed by atoms with Crippen LogP contribution in [0.15, 0.2) is 47.4 Å². The van der Waals surface area contributed by atoms with Crippen molar-refractivity contribution in [1.29, 1.82) is 0 Å². The second kappa shape index (κ2) is 9.46. The van der Waals surface area contributed by atoms with Crippen LogP contribution in [0.1, 0.15) is 22.8 Å². The molecule has 33 heavy (non-hydrogen) atoms. The molecule has 0 saturated carbocycles. The number of aryl methyl sites for hydroxylation is 1. The normalized spacial score (nSPS) is 14.9. The minimum atomic E-state index is -3.73. The first-order chi connectivity index (χ1) is 15.8. The van der Waals surface area contributed by atoms with Gasteiger partial charge in [-0.05, 0) is 49.7 Å². The molecule has 1 fully saturated rings. The molecule has 0 radical (unpaired) electrons. The van der Waals surface area contributed by atoms with Crippen LogP contribution in [-0.2, 0) is 14.8 Å². The highest BCUT2D eigenvalue weighted by molar-refractivity contribution is 7.89. The van der Waals surface area contributed by atoms with Crippen LogP contribution in [0, 0.1) is 6.92 Å². The second-order valence-electron chi connectivity index (χ2n) is 7.51. The summed E-state index contributed by atoms with van der Waals surface area (Å²) in [5, 5.41) is 3.27. The first kappa shape index (κ1) is 23.1. The second-order valence-corrected chi connectivity index (χ2v) is 10.5. The molecule has 0 atom stereocenters. The van der Waals surface area contributed by atoms with Crippen LogP contribution in [0.25, 0.3) is 10.2 Å². The minimum Gasteiger partial charge on any atom is -0.450 e. The lowest BCUT2D eigenvalue weighted by molar-refractivity contribution is 0.0933. The Labute approximate surface area is 196 Å². The van der Waals surface area contributed by atoms with Crippen molar-refractivity contribution in [3.8, 4) is 0 Å². The number of amides is 2. The number of carbonyl (C=O) groups excluding carboxylic acids is 2. The third-order valence-corrected chi connectivity index (χ3v) is 8.21. The van der Waals surface area contributed by atoms with Crippen LogP contribution >= 0.6 is 11.3 Å². The molecule has 1 aliphatic rings. The standard InChI is InChI=1S/C22H24N4O5S2/c1-3-31-22(28)25-11-13-26(14-12-25)33(29,30)17-9-7-16(8-10-17)20(27)24-21-23-19-15(2)5-4-6-18(19)32-21/h4-10H,3,11-14H2,1-2H3,(H,23,24,27). The third-order valence-electron chi connectivity index (χ3n) is 5.36. The maximum absolute atomic E-state index is 13.0. The number of aromatic nitrogens is 1. The first-order valence-electron chi connectivity index (χ1n) is 10.5. The predicted octanol–water partition coefficient (Wildman–Crippen LogP) is 3.32. The summed E-state index contributed by atoms with van der Waals surface area (Å²) in [6.07, 6.45) is -0.437. The van der Waals surface area contributed by atoms with Crippen LogP contribution in [0.2, 0.25) is 0 Å². The van der Waals surface area contributed by atoms with Gasteiger partial charge in [0.1, 0.15) is 0 Å². The van der Waals surface area contributed by atoms with E-state index in [9.17, 15) is 18.0 Å². The number of carbonyl (C=O) groups is 2. The molecule has 174 valence electrons.